The number of methoxy groups -OCH3 is 1. The number of benzene rings is 1. The van der Waals surface area contributed by atoms with Crippen molar-refractivity contribution in [2.45, 2.75) is 45.8 Å². The van der Waals surface area contributed by atoms with E-state index in [4.69, 9.17) is 18.6 Å². The standard InChI is InChI=1S/C20H22O6/c1-6-7-17(22)26-20(3,4)16-9-12-14(25-16)10-15-18(19(12)23-5)13(21)8-11(2)24-15/h6-8,10,16H,9H2,1-5H3/b7-6-/t16-/m0/s1. The molecule has 1 aliphatic heterocycles. The van der Waals surface area contributed by atoms with Gasteiger partial charge in [0.05, 0.1) is 7.11 Å². The minimum Gasteiger partial charge on any atom is -0.495 e. The second-order valence-electron chi connectivity index (χ2n) is 6.82. The van der Waals surface area contributed by atoms with E-state index in [1.54, 1.807) is 39.8 Å². The molecular weight excluding hydrogens is 336 g/mol. The first-order chi connectivity index (χ1) is 12.3. The molecule has 1 aromatic heterocycles. The van der Waals surface area contributed by atoms with Crippen LogP contribution < -0.4 is 14.9 Å². The van der Waals surface area contributed by atoms with E-state index in [-0.39, 0.29) is 5.43 Å². The van der Waals surface area contributed by atoms with Crippen molar-refractivity contribution in [3.8, 4) is 11.5 Å². The Bertz CT molecular complexity index is 951. The van der Waals surface area contributed by atoms with E-state index in [2.05, 4.69) is 0 Å². The second-order valence-corrected chi connectivity index (χ2v) is 6.82. The van der Waals surface area contributed by atoms with E-state index in [0.29, 0.717) is 34.6 Å². The first-order valence-corrected chi connectivity index (χ1v) is 8.43. The van der Waals surface area contributed by atoms with Gasteiger partial charge in [-0.25, -0.2) is 4.79 Å². The SMILES string of the molecule is C/C=C\C(=O)OC(C)(C)[C@@H]1Cc2c(cc3oc(C)cc(=O)c3c2OC)O1. The Morgan fingerprint density at radius 3 is 2.73 bits per heavy atom. The van der Waals surface area contributed by atoms with Crippen LogP contribution >= 0.6 is 0 Å². The number of aryl methyl sites for hydroxylation is 1. The van der Waals surface area contributed by atoms with Gasteiger partial charge in [0.15, 0.2) is 5.43 Å². The molecule has 0 unspecified atom stereocenters. The first kappa shape index (κ1) is 18.0. The van der Waals surface area contributed by atoms with Crippen molar-refractivity contribution < 1.29 is 23.4 Å². The highest BCUT2D eigenvalue weighted by molar-refractivity contribution is 5.87. The van der Waals surface area contributed by atoms with E-state index >= 15 is 0 Å². The van der Waals surface area contributed by atoms with E-state index in [1.807, 2.05) is 0 Å². The number of carbonyl (C=O) groups is 1. The van der Waals surface area contributed by atoms with Crippen LogP contribution in [0.1, 0.15) is 32.1 Å². The van der Waals surface area contributed by atoms with Crippen LogP contribution in [-0.2, 0) is 16.0 Å². The largest absolute Gasteiger partial charge is 0.495 e. The molecule has 0 saturated heterocycles. The third-order valence-corrected chi connectivity index (χ3v) is 4.46. The number of hydrogen-bond acceptors (Lipinski definition) is 6. The van der Waals surface area contributed by atoms with Crippen molar-refractivity contribution in [2.75, 3.05) is 7.11 Å². The summed E-state index contributed by atoms with van der Waals surface area (Å²) in [5.41, 5.74) is 0.164. The lowest BCUT2D eigenvalue weighted by Gasteiger charge is -2.30. The number of carbonyl (C=O) groups excluding carboxylic acids is 1. The maximum Gasteiger partial charge on any atom is 0.331 e. The van der Waals surface area contributed by atoms with Gasteiger partial charge in [0.2, 0.25) is 0 Å². The quantitative estimate of drug-likeness (QED) is 0.617. The van der Waals surface area contributed by atoms with Crippen molar-refractivity contribution in [3.63, 3.8) is 0 Å². The molecule has 3 rings (SSSR count). The minimum atomic E-state index is -0.861. The smallest absolute Gasteiger partial charge is 0.331 e. The Balaban J connectivity index is 2.03. The molecule has 0 N–H and O–H groups in total. The lowest BCUT2D eigenvalue weighted by molar-refractivity contribution is -0.158. The lowest BCUT2D eigenvalue weighted by Crippen LogP contribution is -2.43. The molecule has 1 aromatic carbocycles. The Labute approximate surface area is 151 Å². The average Bonchev–Trinajstić information content (AvgIpc) is 2.96. The summed E-state index contributed by atoms with van der Waals surface area (Å²) < 4.78 is 22.8. The molecule has 0 radical (unpaired) electrons. The molecule has 1 aliphatic rings. The molecule has 26 heavy (non-hydrogen) atoms. The number of rotatable bonds is 4. The van der Waals surface area contributed by atoms with Crippen molar-refractivity contribution >= 4 is 16.9 Å². The highest BCUT2D eigenvalue weighted by Crippen LogP contribution is 2.43. The highest BCUT2D eigenvalue weighted by atomic mass is 16.6. The molecule has 138 valence electrons. The Hall–Kier alpha value is -2.76. The van der Waals surface area contributed by atoms with E-state index in [1.165, 1.54) is 19.3 Å². The van der Waals surface area contributed by atoms with Crippen molar-refractivity contribution in [1.82, 2.24) is 0 Å². The molecule has 0 spiro atoms. The zero-order valence-electron chi connectivity index (χ0n) is 15.5. The zero-order valence-corrected chi connectivity index (χ0v) is 15.5. The third-order valence-electron chi connectivity index (χ3n) is 4.46. The number of hydrogen-bond donors (Lipinski definition) is 0. The number of fused-ring (bicyclic) bond motifs is 2. The molecule has 0 aliphatic carbocycles. The summed E-state index contributed by atoms with van der Waals surface area (Å²) in [5, 5.41) is 0.393. The number of ether oxygens (including phenoxy) is 3. The van der Waals surface area contributed by atoms with E-state index in [9.17, 15) is 9.59 Å². The third kappa shape index (κ3) is 3.07. The topological polar surface area (TPSA) is 75.0 Å². The van der Waals surface area contributed by atoms with Gasteiger partial charge in [0, 0.05) is 30.2 Å². The molecule has 0 bridgehead atoms. The van der Waals surface area contributed by atoms with Crippen LogP contribution in [0.15, 0.2) is 33.5 Å². The van der Waals surface area contributed by atoms with Crippen LogP contribution in [0.4, 0.5) is 0 Å². The fourth-order valence-electron chi connectivity index (χ4n) is 3.21. The molecular formula is C20H22O6. The summed E-state index contributed by atoms with van der Waals surface area (Å²) in [6.45, 7) is 7.06. The molecule has 1 atom stereocenters. The maximum atomic E-state index is 12.4. The van der Waals surface area contributed by atoms with Gasteiger partial charge in [0.25, 0.3) is 0 Å². The predicted octanol–water partition coefficient (Wildman–Crippen LogP) is 3.31. The molecule has 0 saturated carbocycles. The number of allylic oxidation sites excluding steroid dienone is 1. The van der Waals surface area contributed by atoms with Crippen molar-refractivity contribution in [1.29, 1.82) is 0 Å². The second kappa shape index (κ2) is 6.52. The van der Waals surface area contributed by atoms with Crippen molar-refractivity contribution in [3.05, 3.63) is 45.8 Å². The Kier molecular flexibility index (Phi) is 4.52. The Morgan fingerprint density at radius 1 is 1.35 bits per heavy atom. The fraction of sp³-hybridized carbons (Fsp3) is 0.400. The van der Waals surface area contributed by atoms with Gasteiger partial charge >= 0.3 is 5.97 Å². The van der Waals surface area contributed by atoms with Crippen LogP contribution in [0.5, 0.6) is 11.5 Å². The summed E-state index contributed by atoms with van der Waals surface area (Å²) in [4.78, 5) is 24.3. The normalized spacial score (nSPS) is 16.6. The Morgan fingerprint density at radius 2 is 2.08 bits per heavy atom. The van der Waals surface area contributed by atoms with Crippen molar-refractivity contribution in [2.24, 2.45) is 0 Å². The number of esters is 1. The molecule has 6 heteroatoms. The monoisotopic (exact) mass is 358 g/mol. The summed E-state index contributed by atoms with van der Waals surface area (Å²) in [6.07, 6.45) is 3.04. The predicted molar refractivity (Wildman–Crippen MR) is 96.9 cm³/mol. The van der Waals surface area contributed by atoms with Gasteiger partial charge in [-0.3, -0.25) is 4.79 Å². The van der Waals surface area contributed by atoms with Gasteiger partial charge in [-0.15, -0.1) is 0 Å². The molecule has 2 heterocycles. The zero-order chi connectivity index (χ0) is 19.1. The minimum absolute atomic E-state index is 0.161. The van der Waals surface area contributed by atoms with Crippen LogP contribution in [-0.4, -0.2) is 24.8 Å². The highest BCUT2D eigenvalue weighted by Gasteiger charge is 2.41. The van der Waals surface area contributed by atoms with Crippen LogP contribution in [0.25, 0.3) is 11.0 Å². The van der Waals surface area contributed by atoms with Crippen LogP contribution in [0, 0.1) is 6.92 Å². The van der Waals surface area contributed by atoms with Gasteiger partial charge < -0.3 is 18.6 Å². The van der Waals surface area contributed by atoms with E-state index < -0.39 is 17.7 Å². The van der Waals surface area contributed by atoms with Gasteiger partial charge in [-0.2, -0.15) is 0 Å². The molecule has 0 amide bonds. The summed E-state index contributed by atoms with van der Waals surface area (Å²) in [6, 6.07) is 3.14. The van der Waals surface area contributed by atoms with Gasteiger partial charge in [-0.05, 0) is 27.7 Å². The molecule has 2 aromatic rings. The summed E-state index contributed by atoms with van der Waals surface area (Å²) >= 11 is 0. The molecule has 0 fully saturated rings. The van der Waals surface area contributed by atoms with Crippen LogP contribution in [0.2, 0.25) is 0 Å². The summed E-state index contributed by atoms with van der Waals surface area (Å²) in [7, 11) is 1.51. The maximum absolute atomic E-state index is 12.4. The summed E-state index contributed by atoms with van der Waals surface area (Å²) in [5.74, 6) is 1.11. The first-order valence-electron chi connectivity index (χ1n) is 8.43. The van der Waals surface area contributed by atoms with E-state index in [0.717, 1.165) is 5.56 Å². The molecule has 6 nitrogen and oxygen atoms in total. The van der Waals surface area contributed by atoms with Crippen LogP contribution in [0.3, 0.4) is 0 Å². The lowest BCUT2D eigenvalue weighted by atomic mass is 9.95. The van der Waals surface area contributed by atoms with Gasteiger partial charge in [-0.1, -0.05) is 6.08 Å². The fourth-order valence-corrected chi connectivity index (χ4v) is 3.21. The van der Waals surface area contributed by atoms with Gasteiger partial charge in [0.1, 0.15) is 39.9 Å². The average molecular weight is 358 g/mol.